The number of hydrogen-bond donors (Lipinski definition) is 1. The number of sulfone groups is 1. The quantitative estimate of drug-likeness (QED) is 0.383. The summed E-state index contributed by atoms with van der Waals surface area (Å²) in [6.45, 7) is 0.575. The molecule has 0 aliphatic carbocycles. The molecule has 0 atom stereocenters. The molecule has 4 aromatic rings. The number of aromatic nitrogens is 1. The summed E-state index contributed by atoms with van der Waals surface area (Å²) in [7, 11) is -3.77. The second kappa shape index (κ2) is 10.2. The first-order valence-electron chi connectivity index (χ1n) is 12.1. The molecule has 3 aromatic carbocycles. The molecule has 0 bridgehead atoms. The van der Waals surface area contributed by atoms with E-state index in [1.54, 1.807) is 59.6 Å². The Morgan fingerprint density at radius 2 is 1.79 bits per heavy atom. The predicted molar refractivity (Wildman–Crippen MR) is 144 cm³/mol. The van der Waals surface area contributed by atoms with Crippen LogP contribution in [-0.4, -0.2) is 42.4 Å². The molecule has 2 heterocycles. The van der Waals surface area contributed by atoms with Gasteiger partial charge < -0.3 is 10.0 Å². The number of fused-ring (bicyclic) bond motifs is 1. The standard InChI is InChI=1S/C29H24ClN3O4S/c30-25-8-2-1-7-24(25)29(35)12-15-33(16-13-29)28(34)23-11-10-20(17-22(23)18-31)19-38(36,37)26-9-3-5-21-6-4-14-32-27(21)26/h1-11,14,17,35H,12-13,15-16,19H2. The minimum atomic E-state index is -3.77. The maximum atomic E-state index is 13.3. The van der Waals surface area contributed by atoms with Crippen molar-refractivity contribution in [1.29, 1.82) is 5.26 Å². The highest BCUT2D eigenvalue weighted by atomic mass is 35.5. The molecule has 1 saturated heterocycles. The summed E-state index contributed by atoms with van der Waals surface area (Å²) >= 11 is 6.29. The van der Waals surface area contributed by atoms with Gasteiger partial charge in [-0.05, 0) is 48.7 Å². The molecule has 1 aromatic heterocycles. The molecule has 38 heavy (non-hydrogen) atoms. The van der Waals surface area contributed by atoms with Gasteiger partial charge in [0.1, 0.15) is 0 Å². The summed E-state index contributed by atoms with van der Waals surface area (Å²) in [6.07, 6.45) is 2.16. The number of para-hydroxylation sites is 1. The van der Waals surface area contributed by atoms with Crippen molar-refractivity contribution in [3.05, 3.63) is 106 Å². The Morgan fingerprint density at radius 1 is 1.05 bits per heavy atom. The van der Waals surface area contributed by atoms with Crippen molar-refractivity contribution in [2.45, 2.75) is 29.1 Å². The third-order valence-corrected chi connectivity index (χ3v) is 9.02. The molecule has 5 rings (SSSR count). The molecular weight excluding hydrogens is 522 g/mol. The van der Waals surface area contributed by atoms with Crippen molar-refractivity contribution >= 4 is 38.2 Å². The van der Waals surface area contributed by atoms with Crippen LogP contribution in [0.2, 0.25) is 5.02 Å². The largest absolute Gasteiger partial charge is 0.385 e. The number of benzene rings is 3. The lowest BCUT2D eigenvalue weighted by Gasteiger charge is -2.39. The van der Waals surface area contributed by atoms with Gasteiger partial charge in [0.25, 0.3) is 5.91 Å². The van der Waals surface area contributed by atoms with E-state index in [4.69, 9.17) is 11.6 Å². The number of likely N-dealkylation sites (tertiary alicyclic amines) is 1. The zero-order valence-corrected chi connectivity index (χ0v) is 21.9. The molecule has 0 unspecified atom stereocenters. The lowest BCUT2D eigenvalue weighted by Crippen LogP contribution is -2.45. The molecule has 0 spiro atoms. The van der Waals surface area contributed by atoms with E-state index in [0.717, 1.165) is 5.39 Å². The number of carbonyl (C=O) groups is 1. The smallest absolute Gasteiger partial charge is 0.255 e. The van der Waals surface area contributed by atoms with Crippen LogP contribution in [0, 0.1) is 11.3 Å². The Hall–Kier alpha value is -3.77. The van der Waals surface area contributed by atoms with Crippen LogP contribution in [0.25, 0.3) is 10.9 Å². The van der Waals surface area contributed by atoms with E-state index in [-0.39, 0.29) is 40.8 Å². The van der Waals surface area contributed by atoms with Gasteiger partial charge in [0.05, 0.1) is 39.0 Å². The Bertz CT molecular complexity index is 1680. The highest BCUT2D eigenvalue weighted by molar-refractivity contribution is 7.90. The third-order valence-electron chi connectivity index (χ3n) is 6.98. The van der Waals surface area contributed by atoms with Gasteiger partial charge in [0.15, 0.2) is 9.84 Å². The molecule has 192 valence electrons. The number of halogens is 1. The molecule has 7 nitrogen and oxygen atoms in total. The van der Waals surface area contributed by atoms with Gasteiger partial charge in [-0.15, -0.1) is 0 Å². The zero-order valence-electron chi connectivity index (χ0n) is 20.3. The maximum Gasteiger partial charge on any atom is 0.255 e. The minimum Gasteiger partial charge on any atom is -0.385 e. The Morgan fingerprint density at radius 3 is 2.53 bits per heavy atom. The highest BCUT2D eigenvalue weighted by Gasteiger charge is 2.37. The number of carbonyl (C=O) groups excluding carboxylic acids is 1. The molecule has 1 amide bonds. The Kier molecular flexibility index (Phi) is 6.93. The average Bonchev–Trinajstić information content (AvgIpc) is 2.92. The summed E-state index contributed by atoms with van der Waals surface area (Å²) < 4.78 is 26.5. The summed E-state index contributed by atoms with van der Waals surface area (Å²) in [4.78, 5) is 19.3. The molecule has 0 saturated carbocycles. The number of rotatable bonds is 5. The number of nitrogens with zero attached hydrogens (tertiary/aromatic N) is 3. The number of nitriles is 1. The normalized spacial score (nSPS) is 15.2. The SMILES string of the molecule is N#Cc1cc(CS(=O)(=O)c2cccc3cccnc23)ccc1C(=O)N1CCC(O)(c2ccccc2Cl)CC1. The number of piperidine rings is 1. The predicted octanol–water partition coefficient (Wildman–Crippen LogP) is 4.86. The molecule has 1 aliphatic heterocycles. The third kappa shape index (κ3) is 4.88. The minimum absolute atomic E-state index is 0.102. The van der Waals surface area contributed by atoms with Crippen LogP contribution < -0.4 is 0 Å². The van der Waals surface area contributed by atoms with Gasteiger partial charge in [-0.3, -0.25) is 9.78 Å². The molecule has 1 aliphatic rings. The molecule has 1 N–H and O–H groups in total. The van der Waals surface area contributed by atoms with Crippen molar-refractivity contribution in [3.63, 3.8) is 0 Å². The topological polar surface area (TPSA) is 111 Å². The maximum absolute atomic E-state index is 13.3. The van der Waals surface area contributed by atoms with Crippen molar-refractivity contribution in [1.82, 2.24) is 9.88 Å². The lowest BCUT2D eigenvalue weighted by atomic mass is 9.84. The van der Waals surface area contributed by atoms with Gasteiger partial charge in [-0.25, -0.2) is 8.42 Å². The summed E-state index contributed by atoms with van der Waals surface area (Å²) in [5.74, 6) is -0.670. The van der Waals surface area contributed by atoms with Gasteiger partial charge in [0, 0.05) is 35.3 Å². The van der Waals surface area contributed by atoms with E-state index in [2.05, 4.69) is 4.98 Å². The Balaban J connectivity index is 1.35. The van der Waals surface area contributed by atoms with Crippen LogP contribution in [0.1, 0.15) is 39.9 Å². The first-order chi connectivity index (χ1) is 18.2. The highest BCUT2D eigenvalue weighted by Crippen LogP contribution is 2.37. The van der Waals surface area contributed by atoms with E-state index in [0.29, 0.717) is 34.5 Å². The molecule has 0 radical (unpaired) electrons. The number of amides is 1. The Labute approximate surface area is 225 Å². The molecular formula is C29H24ClN3O4S. The fourth-order valence-electron chi connectivity index (χ4n) is 4.94. The summed E-state index contributed by atoms with van der Waals surface area (Å²) in [5, 5.41) is 22.1. The summed E-state index contributed by atoms with van der Waals surface area (Å²) in [5.41, 5.74) is 0.594. The molecule has 9 heteroatoms. The van der Waals surface area contributed by atoms with Crippen LogP contribution in [-0.2, 0) is 21.2 Å². The number of aliphatic hydroxyl groups is 1. The van der Waals surface area contributed by atoms with E-state index in [1.165, 1.54) is 18.2 Å². The van der Waals surface area contributed by atoms with Crippen molar-refractivity contribution in [3.8, 4) is 6.07 Å². The first kappa shape index (κ1) is 25.9. The van der Waals surface area contributed by atoms with Gasteiger partial charge >= 0.3 is 0 Å². The van der Waals surface area contributed by atoms with E-state index in [9.17, 15) is 23.6 Å². The van der Waals surface area contributed by atoms with E-state index < -0.39 is 15.4 Å². The van der Waals surface area contributed by atoms with Crippen molar-refractivity contribution in [2.24, 2.45) is 0 Å². The van der Waals surface area contributed by atoms with Crippen LogP contribution >= 0.6 is 11.6 Å². The first-order valence-corrected chi connectivity index (χ1v) is 14.1. The second-order valence-electron chi connectivity index (χ2n) is 9.39. The zero-order chi connectivity index (χ0) is 26.9. The monoisotopic (exact) mass is 545 g/mol. The van der Waals surface area contributed by atoms with Gasteiger partial charge in [-0.1, -0.05) is 54.1 Å². The summed E-state index contributed by atoms with van der Waals surface area (Å²) in [6, 6.07) is 22.2. The number of hydrogen-bond acceptors (Lipinski definition) is 6. The fourth-order valence-corrected chi connectivity index (χ4v) is 6.78. The van der Waals surface area contributed by atoms with Crippen molar-refractivity contribution in [2.75, 3.05) is 13.1 Å². The lowest BCUT2D eigenvalue weighted by molar-refractivity contribution is -0.0210. The average molecular weight is 546 g/mol. The van der Waals surface area contributed by atoms with Crippen molar-refractivity contribution < 1.29 is 18.3 Å². The van der Waals surface area contributed by atoms with Crippen LogP contribution in [0.3, 0.4) is 0 Å². The van der Waals surface area contributed by atoms with E-state index in [1.807, 2.05) is 12.1 Å². The van der Waals surface area contributed by atoms with Gasteiger partial charge in [-0.2, -0.15) is 5.26 Å². The fraction of sp³-hybridized carbons (Fsp3) is 0.207. The number of pyridine rings is 1. The van der Waals surface area contributed by atoms with E-state index >= 15 is 0 Å². The van der Waals surface area contributed by atoms with Crippen LogP contribution in [0.15, 0.2) is 83.9 Å². The van der Waals surface area contributed by atoms with Crippen LogP contribution in [0.4, 0.5) is 0 Å². The second-order valence-corrected chi connectivity index (χ2v) is 11.8. The molecule has 1 fully saturated rings. The van der Waals surface area contributed by atoms with Gasteiger partial charge in [0.2, 0.25) is 0 Å². The van der Waals surface area contributed by atoms with Crippen LogP contribution in [0.5, 0.6) is 0 Å².